The number of rotatable bonds is 12. The second-order valence-corrected chi connectivity index (χ2v) is 12.0. The quantitative estimate of drug-likeness (QED) is 0.257. The fourth-order valence-corrected chi connectivity index (χ4v) is 5.84. The van der Waals surface area contributed by atoms with Crippen LogP contribution in [0.5, 0.6) is 0 Å². The summed E-state index contributed by atoms with van der Waals surface area (Å²) in [6, 6.07) is 15.5. The lowest BCUT2D eigenvalue weighted by molar-refractivity contribution is -0.139. The van der Waals surface area contributed by atoms with Gasteiger partial charge in [-0.1, -0.05) is 78.5 Å². The molecular weight excluding hydrogens is 576 g/mol. The van der Waals surface area contributed by atoms with Crippen molar-refractivity contribution in [2.75, 3.05) is 17.4 Å². The van der Waals surface area contributed by atoms with Crippen LogP contribution >= 0.6 is 23.2 Å². The van der Waals surface area contributed by atoms with Crippen molar-refractivity contribution >= 4 is 50.7 Å². The lowest BCUT2D eigenvalue weighted by atomic mass is 10.1. The highest BCUT2D eigenvalue weighted by atomic mass is 35.5. The molecule has 0 aliphatic heterocycles. The Balaban J connectivity index is 2.05. The molecule has 2 amide bonds. The van der Waals surface area contributed by atoms with E-state index in [2.05, 4.69) is 5.32 Å². The molecule has 0 aromatic heterocycles. The first-order valence-electron chi connectivity index (χ1n) is 12.8. The number of amides is 2. The molecule has 3 rings (SSSR count). The van der Waals surface area contributed by atoms with Gasteiger partial charge in [0.2, 0.25) is 11.8 Å². The molecule has 0 saturated carbocycles. The number of nitrogens with zero attached hydrogens (tertiary/aromatic N) is 2. The first kappa shape index (κ1) is 31.4. The third-order valence-electron chi connectivity index (χ3n) is 6.38. The number of sulfonamides is 1. The molecule has 0 heterocycles. The molecule has 1 atom stereocenters. The molecule has 40 heavy (non-hydrogen) atoms. The average Bonchev–Trinajstić information content (AvgIpc) is 2.92. The molecule has 0 bridgehead atoms. The number of unbranched alkanes of at least 4 members (excludes halogenated alkanes) is 1. The molecule has 0 aliphatic rings. The highest BCUT2D eigenvalue weighted by Gasteiger charge is 2.34. The number of aryl methyl sites for hydroxylation is 1. The summed E-state index contributed by atoms with van der Waals surface area (Å²) in [5.41, 5.74) is 1.02. The predicted octanol–water partition coefficient (Wildman–Crippen LogP) is 5.97. The van der Waals surface area contributed by atoms with Gasteiger partial charge in [-0.3, -0.25) is 13.9 Å². The van der Waals surface area contributed by atoms with E-state index in [1.807, 2.05) is 13.8 Å². The van der Waals surface area contributed by atoms with E-state index in [0.717, 1.165) is 27.6 Å². The summed E-state index contributed by atoms with van der Waals surface area (Å²) in [6.07, 6.45) is 1.61. The van der Waals surface area contributed by atoms with Crippen LogP contribution in [0.25, 0.3) is 0 Å². The maximum atomic E-state index is 14.6. The number of hydrogen-bond donors (Lipinski definition) is 1. The average molecular weight is 609 g/mol. The van der Waals surface area contributed by atoms with E-state index in [0.29, 0.717) is 6.54 Å². The lowest BCUT2D eigenvalue weighted by Crippen LogP contribution is -2.51. The maximum Gasteiger partial charge on any atom is 0.264 e. The van der Waals surface area contributed by atoms with Gasteiger partial charge in [-0.2, -0.15) is 0 Å². The Labute approximate surface area is 244 Å². The highest BCUT2D eigenvalue weighted by molar-refractivity contribution is 7.92. The zero-order valence-corrected chi connectivity index (χ0v) is 24.9. The second-order valence-electron chi connectivity index (χ2n) is 9.33. The molecule has 7 nitrogen and oxygen atoms in total. The number of anilines is 1. The largest absolute Gasteiger partial charge is 0.354 e. The van der Waals surface area contributed by atoms with E-state index in [1.165, 1.54) is 55.5 Å². The minimum Gasteiger partial charge on any atom is -0.354 e. The molecule has 0 aliphatic carbocycles. The summed E-state index contributed by atoms with van der Waals surface area (Å²) in [5, 5.41) is 2.83. The fourth-order valence-electron chi connectivity index (χ4n) is 3.96. The number of carbonyl (C=O) groups excluding carboxylic acids is 2. The summed E-state index contributed by atoms with van der Waals surface area (Å²) in [6.45, 7) is 4.76. The molecule has 214 valence electrons. The van der Waals surface area contributed by atoms with Gasteiger partial charge in [-0.25, -0.2) is 12.8 Å². The van der Waals surface area contributed by atoms with Gasteiger partial charge in [-0.05, 0) is 50.6 Å². The molecule has 0 saturated heterocycles. The molecule has 1 unspecified atom stereocenters. The lowest BCUT2D eigenvalue weighted by Gasteiger charge is -2.32. The van der Waals surface area contributed by atoms with Crippen molar-refractivity contribution in [3.05, 3.63) is 93.7 Å². The first-order chi connectivity index (χ1) is 19.0. The topological polar surface area (TPSA) is 86.8 Å². The molecule has 0 fully saturated rings. The van der Waals surface area contributed by atoms with Crippen LogP contribution in [-0.4, -0.2) is 44.3 Å². The van der Waals surface area contributed by atoms with Crippen molar-refractivity contribution in [3.63, 3.8) is 0 Å². The third-order valence-corrected chi connectivity index (χ3v) is 8.97. The Bertz CT molecular complexity index is 1450. The standard InChI is InChI=1S/C29H32Cl2FN3O4S/c1-4-5-17-33-29(37)21(3)34(18-22-9-6-7-11-25(22)32)27(36)19-35(26-12-8-10-24(30)28(26)31)40(38,39)23-15-13-20(2)14-16-23/h6-16,21H,4-5,17-19H2,1-3H3,(H,33,37). The number of carbonyl (C=O) groups is 2. The Morgan fingerprint density at radius 1 is 1.00 bits per heavy atom. The number of nitrogens with one attached hydrogen (secondary N) is 1. The van der Waals surface area contributed by atoms with Crippen LogP contribution in [0.1, 0.15) is 37.8 Å². The smallest absolute Gasteiger partial charge is 0.264 e. The zero-order chi connectivity index (χ0) is 29.4. The SMILES string of the molecule is CCCCNC(=O)C(C)N(Cc1ccccc1F)C(=O)CN(c1cccc(Cl)c1Cl)S(=O)(=O)c1ccc(C)cc1. The fraction of sp³-hybridized carbons (Fsp3) is 0.310. The van der Waals surface area contributed by atoms with Crippen molar-refractivity contribution in [2.24, 2.45) is 0 Å². The van der Waals surface area contributed by atoms with Gasteiger partial charge in [0.1, 0.15) is 18.4 Å². The molecule has 0 spiro atoms. The van der Waals surface area contributed by atoms with Crippen LogP contribution in [0.3, 0.4) is 0 Å². The zero-order valence-electron chi connectivity index (χ0n) is 22.5. The van der Waals surface area contributed by atoms with Gasteiger partial charge >= 0.3 is 0 Å². The van der Waals surface area contributed by atoms with Crippen LogP contribution in [0, 0.1) is 12.7 Å². The van der Waals surface area contributed by atoms with Gasteiger partial charge in [0.15, 0.2) is 0 Å². The van der Waals surface area contributed by atoms with Crippen molar-refractivity contribution < 1.29 is 22.4 Å². The summed E-state index contributed by atoms with van der Waals surface area (Å²) in [4.78, 5) is 28.0. The van der Waals surface area contributed by atoms with Crippen LogP contribution < -0.4 is 9.62 Å². The van der Waals surface area contributed by atoms with E-state index >= 15 is 0 Å². The van der Waals surface area contributed by atoms with Gasteiger partial charge in [0.05, 0.1) is 20.6 Å². The summed E-state index contributed by atoms with van der Waals surface area (Å²) >= 11 is 12.6. The van der Waals surface area contributed by atoms with E-state index in [4.69, 9.17) is 23.2 Å². The van der Waals surface area contributed by atoms with Gasteiger partial charge < -0.3 is 10.2 Å². The Morgan fingerprint density at radius 2 is 1.68 bits per heavy atom. The Kier molecular flexibility index (Phi) is 11.0. The first-order valence-corrected chi connectivity index (χ1v) is 15.0. The Hall–Kier alpha value is -3.14. The van der Waals surface area contributed by atoms with E-state index < -0.39 is 40.2 Å². The van der Waals surface area contributed by atoms with Crippen LogP contribution in [0.2, 0.25) is 10.0 Å². The summed E-state index contributed by atoms with van der Waals surface area (Å²) in [5.74, 6) is -1.72. The molecule has 0 radical (unpaired) electrons. The number of halogens is 3. The van der Waals surface area contributed by atoms with Gasteiger partial charge in [0, 0.05) is 18.7 Å². The third kappa shape index (κ3) is 7.53. The van der Waals surface area contributed by atoms with E-state index in [9.17, 15) is 22.4 Å². The molecular formula is C29H32Cl2FN3O4S. The normalized spacial score (nSPS) is 12.1. The van der Waals surface area contributed by atoms with E-state index in [-0.39, 0.29) is 32.7 Å². The summed E-state index contributed by atoms with van der Waals surface area (Å²) < 4.78 is 43.2. The molecule has 3 aromatic carbocycles. The van der Waals surface area contributed by atoms with Crippen molar-refractivity contribution in [1.29, 1.82) is 0 Å². The maximum absolute atomic E-state index is 14.6. The van der Waals surface area contributed by atoms with Crippen LogP contribution in [0.15, 0.2) is 71.6 Å². The van der Waals surface area contributed by atoms with Crippen molar-refractivity contribution in [2.45, 2.75) is 51.1 Å². The number of benzene rings is 3. The van der Waals surface area contributed by atoms with Crippen LogP contribution in [-0.2, 0) is 26.2 Å². The van der Waals surface area contributed by atoms with Gasteiger partial charge in [0.25, 0.3) is 10.0 Å². The minimum absolute atomic E-state index is 0.00557. The second kappa shape index (κ2) is 14.0. The van der Waals surface area contributed by atoms with E-state index in [1.54, 1.807) is 18.2 Å². The molecule has 11 heteroatoms. The van der Waals surface area contributed by atoms with Crippen LogP contribution in [0.4, 0.5) is 10.1 Å². The van der Waals surface area contributed by atoms with Crippen molar-refractivity contribution in [1.82, 2.24) is 10.2 Å². The minimum atomic E-state index is -4.32. The predicted molar refractivity (Wildman–Crippen MR) is 157 cm³/mol. The van der Waals surface area contributed by atoms with Gasteiger partial charge in [-0.15, -0.1) is 0 Å². The number of hydrogen-bond acceptors (Lipinski definition) is 4. The molecule has 1 N–H and O–H groups in total. The Morgan fingerprint density at radius 3 is 2.33 bits per heavy atom. The highest BCUT2D eigenvalue weighted by Crippen LogP contribution is 2.35. The monoisotopic (exact) mass is 607 g/mol. The summed E-state index contributed by atoms with van der Waals surface area (Å²) in [7, 11) is -4.32. The molecule has 3 aromatic rings. The van der Waals surface area contributed by atoms with Crippen molar-refractivity contribution in [3.8, 4) is 0 Å².